The molecular formula is C26H28O17. The van der Waals surface area contributed by atoms with Crippen LogP contribution < -0.4 is 10.2 Å². The smallest absolute Gasteiger partial charge is 0.239 e. The molecule has 2 fully saturated rings. The van der Waals surface area contributed by atoms with E-state index < -0.39 is 120 Å². The normalized spacial score (nSPS) is 31.3. The Kier molecular flexibility index (Phi) is 8.27. The van der Waals surface area contributed by atoms with Crippen molar-refractivity contribution in [3.63, 3.8) is 0 Å². The molecule has 2 aromatic carbocycles. The minimum absolute atomic E-state index is 0.277. The quantitative estimate of drug-likeness (QED) is 0.130. The number of rotatable bonds is 6. The van der Waals surface area contributed by atoms with Crippen LogP contribution in [0.1, 0.15) is 0 Å². The summed E-state index contributed by atoms with van der Waals surface area (Å²) in [5, 5.41) is 111. The number of phenols is 5. The molecule has 43 heavy (non-hydrogen) atoms. The summed E-state index contributed by atoms with van der Waals surface area (Å²) in [6.07, 6.45) is -15.8. The molecule has 17 nitrogen and oxygen atoms in total. The lowest BCUT2D eigenvalue weighted by Gasteiger charge is -2.44. The first kappa shape index (κ1) is 30.5. The molecule has 0 amide bonds. The maximum atomic E-state index is 13.7. The fraction of sp³-hybridized carbons (Fsp3) is 0.423. The van der Waals surface area contributed by atoms with Gasteiger partial charge in [0, 0.05) is 17.7 Å². The Morgan fingerprint density at radius 1 is 0.814 bits per heavy atom. The summed E-state index contributed by atoms with van der Waals surface area (Å²) in [6, 6.07) is 3.54. The van der Waals surface area contributed by atoms with Gasteiger partial charge in [0.1, 0.15) is 59.1 Å². The van der Waals surface area contributed by atoms with Crippen molar-refractivity contribution in [1.29, 1.82) is 0 Å². The average Bonchev–Trinajstić information content (AvgIpc) is 2.95. The highest BCUT2D eigenvalue weighted by atomic mass is 16.8. The van der Waals surface area contributed by atoms with Crippen molar-refractivity contribution in [3.05, 3.63) is 34.5 Å². The van der Waals surface area contributed by atoms with E-state index in [0.717, 1.165) is 24.3 Å². The zero-order valence-corrected chi connectivity index (χ0v) is 21.8. The highest BCUT2D eigenvalue weighted by Crippen LogP contribution is 2.43. The molecule has 5 rings (SSSR count). The highest BCUT2D eigenvalue weighted by molar-refractivity contribution is 5.88. The van der Waals surface area contributed by atoms with Gasteiger partial charge in [0.05, 0.1) is 13.2 Å². The summed E-state index contributed by atoms with van der Waals surface area (Å²) in [6.45, 7) is -1.37. The molecule has 0 unspecified atom stereocenters. The maximum Gasteiger partial charge on any atom is 0.239 e. The first-order valence-electron chi connectivity index (χ1n) is 12.7. The Morgan fingerprint density at radius 2 is 1.49 bits per heavy atom. The van der Waals surface area contributed by atoms with Crippen molar-refractivity contribution in [1.82, 2.24) is 0 Å². The van der Waals surface area contributed by atoms with Crippen molar-refractivity contribution >= 4 is 11.0 Å². The molecule has 0 spiro atoms. The minimum atomic E-state index is -1.95. The largest absolute Gasteiger partial charge is 0.508 e. The number of aliphatic hydroxyl groups excluding tert-OH is 6. The van der Waals surface area contributed by atoms with E-state index in [-0.39, 0.29) is 11.1 Å². The molecule has 17 heteroatoms. The van der Waals surface area contributed by atoms with Crippen molar-refractivity contribution in [2.24, 2.45) is 0 Å². The second kappa shape index (κ2) is 11.6. The van der Waals surface area contributed by atoms with Gasteiger partial charge in [-0.2, -0.15) is 0 Å². The summed E-state index contributed by atoms with van der Waals surface area (Å²) in [5.74, 6) is -5.23. The Balaban J connectivity index is 1.64. The zero-order valence-electron chi connectivity index (χ0n) is 21.8. The molecule has 0 aliphatic carbocycles. The molecule has 3 aromatic rings. The topological polar surface area (TPSA) is 290 Å². The van der Waals surface area contributed by atoms with Crippen LogP contribution in [0.15, 0.2) is 33.5 Å². The molecule has 9 atom stereocenters. The third kappa shape index (κ3) is 5.49. The van der Waals surface area contributed by atoms with E-state index in [4.69, 9.17) is 23.4 Å². The predicted octanol–water partition coefficient (Wildman–Crippen LogP) is -2.37. The number of hydrogen-bond acceptors (Lipinski definition) is 17. The SMILES string of the molecule is O=c1c(O[C@@H]2O[C@H](CO)[C@@H](O)[C@H](O)[C@H]2O[C@H]2OC[C@@H](O)[C@H](O)[C@H]2O)c(-c2cc(O)c(O)c(O)c2)oc2cc(O)cc(O)c12. The lowest BCUT2D eigenvalue weighted by atomic mass is 9.98. The number of benzene rings is 2. The van der Waals surface area contributed by atoms with Crippen LogP contribution in [-0.2, 0) is 14.2 Å². The predicted molar refractivity (Wildman–Crippen MR) is 137 cm³/mol. The third-order valence-electron chi connectivity index (χ3n) is 7.05. The van der Waals surface area contributed by atoms with Gasteiger partial charge in [0.15, 0.2) is 35.4 Å². The third-order valence-corrected chi connectivity index (χ3v) is 7.05. The van der Waals surface area contributed by atoms with Gasteiger partial charge in [-0.3, -0.25) is 4.79 Å². The Morgan fingerprint density at radius 3 is 2.14 bits per heavy atom. The molecule has 0 bridgehead atoms. The number of aromatic hydroxyl groups is 5. The molecule has 3 heterocycles. The zero-order chi connectivity index (χ0) is 31.3. The summed E-state index contributed by atoms with van der Waals surface area (Å²) in [7, 11) is 0. The van der Waals surface area contributed by atoms with Crippen LogP contribution in [0.5, 0.6) is 34.5 Å². The van der Waals surface area contributed by atoms with Crippen molar-refractivity contribution in [2.45, 2.75) is 55.3 Å². The Hall–Kier alpha value is -3.91. The van der Waals surface area contributed by atoms with Crippen molar-refractivity contribution in [2.75, 3.05) is 13.2 Å². The molecule has 2 aliphatic rings. The standard InChI is InChI=1S/C26H28O17/c27-5-14-18(35)20(37)24(43-25-21(38)17(34)12(32)6-39-25)26(41-14)42-23-19(36)15-9(29)3-8(28)4-13(15)40-22(23)7-1-10(30)16(33)11(31)2-7/h1-4,12,14,17-18,20-21,24-35,37-38H,5-6H2/t12-,14-,17+,18-,20+,21-,24-,25-,26+/m1/s1. The number of aliphatic hydroxyl groups is 6. The van der Waals surface area contributed by atoms with Crippen LogP contribution in [0.25, 0.3) is 22.3 Å². The fourth-order valence-electron chi connectivity index (χ4n) is 4.77. The first-order valence-corrected chi connectivity index (χ1v) is 12.7. The van der Waals surface area contributed by atoms with E-state index in [1.807, 2.05) is 0 Å². The van der Waals surface area contributed by atoms with E-state index in [1.165, 1.54) is 0 Å². The van der Waals surface area contributed by atoms with Crippen LogP contribution in [0.2, 0.25) is 0 Å². The van der Waals surface area contributed by atoms with Crippen molar-refractivity contribution < 1.29 is 79.5 Å². The molecule has 2 saturated heterocycles. The minimum Gasteiger partial charge on any atom is -0.508 e. The van der Waals surface area contributed by atoms with Crippen LogP contribution >= 0.6 is 0 Å². The van der Waals surface area contributed by atoms with Gasteiger partial charge in [-0.15, -0.1) is 0 Å². The van der Waals surface area contributed by atoms with Gasteiger partial charge < -0.3 is 79.5 Å². The van der Waals surface area contributed by atoms with E-state index in [1.54, 1.807) is 0 Å². The van der Waals surface area contributed by atoms with Crippen LogP contribution in [0, 0.1) is 0 Å². The molecule has 0 saturated carbocycles. The van der Waals surface area contributed by atoms with Crippen LogP contribution in [0.4, 0.5) is 0 Å². The molecule has 11 N–H and O–H groups in total. The summed E-state index contributed by atoms with van der Waals surface area (Å²) >= 11 is 0. The molecule has 234 valence electrons. The monoisotopic (exact) mass is 612 g/mol. The fourth-order valence-corrected chi connectivity index (χ4v) is 4.77. The number of hydrogen-bond donors (Lipinski definition) is 11. The van der Waals surface area contributed by atoms with Gasteiger partial charge >= 0.3 is 0 Å². The Labute approximate surface area is 239 Å². The lowest BCUT2D eigenvalue weighted by molar-refractivity contribution is -0.345. The van der Waals surface area contributed by atoms with Gasteiger partial charge in [0.2, 0.25) is 17.5 Å². The van der Waals surface area contributed by atoms with Crippen LogP contribution in [0.3, 0.4) is 0 Å². The van der Waals surface area contributed by atoms with Gasteiger partial charge in [-0.1, -0.05) is 0 Å². The second-order valence-corrected chi connectivity index (χ2v) is 9.97. The number of phenolic OH excluding ortho intramolecular Hbond substituents is 5. The molecular weight excluding hydrogens is 584 g/mol. The van der Waals surface area contributed by atoms with Crippen molar-refractivity contribution in [3.8, 4) is 45.8 Å². The molecule has 0 radical (unpaired) electrons. The molecule has 1 aromatic heterocycles. The highest BCUT2D eigenvalue weighted by Gasteiger charge is 2.50. The summed E-state index contributed by atoms with van der Waals surface area (Å²) in [5.41, 5.74) is -1.78. The lowest BCUT2D eigenvalue weighted by Crippen LogP contribution is -2.64. The van der Waals surface area contributed by atoms with Gasteiger partial charge in [-0.25, -0.2) is 0 Å². The van der Waals surface area contributed by atoms with E-state index >= 15 is 0 Å². The van der Waals surface area contributed by atoms with Gasteiger partial charge in [-0.05, 0) is 12.1 Å². The summed E-state index contributed by atoms with van der Waals surface area (Å²) in [4.78, 5) is 13.7. The van der Waals surface area contributed by atoms with E-state index in [9.17, 15) is 61.0 Å². The van der Waals surface area contributed by atoms with Crippen LogP contribution in [-0.4, -0.2) is 125 Å². The average molecular weight is 612 g/mol. The van der Waals surface area contributed by atoms with Gasteiger partial charge in [0.25, 0.3) is 0 Å². The second-order valence-electron chi connectivity index (χ2n) is 9.97. The Bertz CT molecular complexity index is 1530. The summed E-state index contributed by atoms with van der Waals surface area (Å²) < 4.78 is 27.8. The number of ether oxygens (including phenoxy) is 4. The maximum absolute atomic E-state index is 13.7. The number of fused-ring (bicyclic) bond motifs is 1. The first-order chi connectivity index (χ1) is 20.3. The van der Waals surface area contributed by atoms with E-state index in [2.05, 4.69) is 0 Å². The van der Waals surface area contributed by atoms with E-state index in [0.29, 0.717) is 0 Å². The molecule has 2 aliphatic heterocycles.